The van der Waals surface area contributed by atoms with Gasteiger partial charge in [0.05, 0.1) is 6.42 Å². The van der Waals surface area contributed by atoms with Crippen LogP contribution < -0.4 is 5.32 Å². The van der Waals surface area contributed by atoms with E-state index in [9.17, 15) is 9.59 Å². The van der Waals surface area contributed by atoms with Crippen LogP contribution in [0.4, 0.5) is 10.5 Å². The average molecular weight is 297 g/mol. The summed E-state index contributed by atoms with van der Waals surface area (Å²) >= 11 is 2.90. The number of carbonyl (C=O) groups excluding carboxylic acids is 2. The van der Waals surface area contributed by atoms with Crippen molar-refractivity contribution >= 4 is 32.3 Å². The first-order valence-corrected chi connectivity index (χ1v) is 6.18. The van der Waals surface area contributed by atoms with E-state index in [-0.39, 0.29) is 10.7 Å². The lowest BCUT2D eigenvalue weighted by atomic mass is 10.1. The lowest BCUT2D eigenvalue weighted by Crippen LogP contribution is -2.23. The zero-order chi connectivity index (χ0) is 12.4. The van der Waals surface area contributed by atoms with Gasteiger partial charge in [0, 0.05) is 35.2 Å². The number of fused-ring (bicyclic) bond motifs is 1. The normalized spacial score (nSPS) is 13.2. The standard InChI is InChI=1S/C12H13BrN2O2/c1-15(12(13)17)5-4-8-2-3-10-9(6-8)7-11(16)14-10/h2-3,6H,4-5,7H2,1H3,(H,14,16). The van der Waals surface area contributed by atoms with Crippen LogP contribution in [0.15, 0.2) is 18.2 Å². The van der Waals surface area contributed by atoms with E-state index in [2.05, 4.69) is 21.2 Å². The molecule has 1 aromatic carbocycles. The van der Waals surface area contributed by atoms with Gasteiger partial charge in [-0.3, -0.25) is 9.59 Å². The molecule has 0 unspecified atom stereocenters. The van der Waals surface area contributed by atoms with Crippen molar-refractivity contribution in [1.29, 1.82) is 0 Å². The molecule has 5 heteroatoms. The quantitative estimate of drug-likeness (QED) is 0.686. The van der Waals surface area contributed by atoms with Crippen LogP contribution in [0.2, 0.25) is 0 Å². The van der Waals surface area contributed by atoms with Crippen molar-refractivity contribution < 1.29 is 9.59 Å². The highest BCUT2D eigenvalue weighted by molar-refractivity contribution is 9.18. The van der Waals surface area contributed by atoms with E-state index in [1.165, 1.54) is 0 Å². The van der Waals surface area contributed by atoms with Crippen molar-refractivity contribution in [2.75, 3.05) is 18.9 Å². The van der Waals surface area contributed by atoms with Crippen LogP contribution in [0.25, 0.3) is 0 Å². The summed E-state index contributed by atoms with van der Waals surface area (Å²) in [5.74, 6) is 0.0462. The fourth-order valence-electron chi connectivity index (χ4n) is 1.82. The number of hydrogen-bond acceptors (Lipinski definition) is 2. The van der Waals surface area contributed by atoms with Gasteiger partial charge in [-0.05, 0) is 23.6 Å². The zero-order valence-corrected chi connectivity index (χ0v) is 11.1. The van der Waals surface area contributed by atoms with Crippen molar-refractivity contribution in [2.45, 2.75) is 12.8 Å². The van der Waals surface area contributed by atoms with Gasteiger partial charge in [-0.1, -0.05) is 12.1 Å². The number of halogens is 1. The van der Waals surface area contributed by atoms with Crippen LogP contribution in [0.3, 0.4) is 0 Å². The molecule has 1 aromatic rings. The molecule has 0 aliphatic carbocycles. The Labute approximate surface area is 108 Å². The van der Waals surface area contributed by atoms with Crippen molar-refractivity contribution in [3.05, 3.63) is 29.3 Å². The molecule has 1 N–H and O–H groups in total. The van der Waals surface area contributed by atoms with Gasteiger partial charge in [-0.25, -0.2) is 0 Å². The maximum Gasteiger partial charge on any atom is 0.289 e. The Bertz CT molecular complexity index is 474. The molecule has 4 nitrogen and oxygen atoms in total. The molecule has 90 valence electrons. The number of nitrogens with zero attached hydrogens (tertiary/aromatic N) is 1. The van der Waals surface area contributed by atoms with Gasteiger partial charge in [0.1, 0.15) is 0 Å². The van der Waals surface area contributed by atoms with Crippen molar-refractivity contribution in [1.82, 2.24) is 4.90 Å². The fourth-order valence-corrected chi connectivity index (χ4v) is 2.00. The Morgan fingerprint density at radius 3 is 3.00 bits per heavy atom. The number of amides is 2. The minimum atomic E-state index is -0.115. The second kappa shape index (κ2) is 4.87. The highest BCUT2D eigenvalue weighted by Crippen LogP contribution is 2.24. The molecule has 0 bridgehead atoms. The molecule has 0 aromatic heterocycles. The third kappa shape index (κ3) is 2.85. The van der Waals surface area contributed by atoms with Gasteiger partial charge in [0.2, 0.25) is 5.91 Å². The van der Waals surface area contributed by atoms with Crippen LogP contribution in [0.1, 0.15) is 11.1 Å². The van der Waals surface area contributed by atoms with Crippen molar-refractivity contribution in [3.63, 3.8) is 0 Å². The smallest absolute Gasteiger partial charge is 0.289 e. The number of nitrogens with one attached hydrogen (secondary N) is 1. The third-order valence-electron chi connectivity index (χ3n) is 2.83. The summed E-state index contributed by atoms with van der Waals surface area (Å²) in [6.45, 7) is 0.657. The molecule has 0 atom stereocenters. The molecule has 0 saturated carbocycles. The van der Waals surface area contributed by atoms with Crippen LogP contribution in [0.5, 0.6) is 0 Å². The minimum absolute atomic E-state index is 0.0462. The topological polar surface area (TPSA) is 49.4 Å². The monoisotopic (exact) mass is 296 g/mol. The second-order valence-electron chi connectivity index (χ2n) is 4.14. The van der Waals surface area contributed by atoms with Gasteiger partial charge in [-0.2, -0.15) is 0 Å². The van der Waals surface area contributed by atoms with Crippen LogP contribution in [-0.4, -0.2) is 29.2 Å². The molecule has 0 fully saturated rings. The SMILES string of the molecule is CN(CCc1ccc2c(c1)CC(=O)N2)C(=O)Br. The van der Waals surface area contributed by atoms with Crippen molar-refractivity contribution in [2.24, 2.45) is 0 Å². The Morgan fingerprint density at radius 2 is 2.29 bits per heavy atom. The molecule has 0 saturated heterocycles. The number of rotatable bonds is 3. The summed E-state index contributed by atoms with van der Waals surface area (Å²) in [5.41, 5.74) is 3.09. The van der Waals surface area contributed by atoms with E-state index in [0.717, 1.165) is 23.2 Å². The Morgan fingerprint density at radius 1 is 1.53 bits per heavy atom. The molecular formula is C12H13BrN2O2. The second-order valence-corrected chi connectivity index (χ2v) is 4.82. The van der Waals surface area contributed by atoms with Crippen LogP contribution in [0, 0.1) is 0 Å². The predicted molar refractivity (Wildman–Crippen MR) is 69.4 cm³/mol. The van der Waals surface area contributed by atoms with Crippen molar-refractivity contribution in [3.8, 4) is 0 Å². The minimum Gasteiger partial charge on any atom is -0.336 e. The number of likely N-dealkylation sites (N-methyl/N-ethyl adjacent to an activating group) is 1. The molecule has 1 heterocycles. The summed E-state index contributed by atoms with van der Waals surface area (Å²) < 4.78 is 0. The summed E-state index contributed by atoms with van der Waals surface area (Å²) in [4.78, 5) is 23.7. The Kier molecular flexibility index (Phi) is 3.47. The van der Waals surface area contributed by atoms with Gasteiger partial charge in [0.15, 0.2) is 0 Å². The summed E-state index contributed by atoms with van der Waals surface area (Å²) in [5, 5.41) is 2.80. The number of benzene rings is 1. The average Bonchev–Trinajstić information content (AvgIpc) is 2.64. The maximum absolute atomic E-state index is 11.2. The molecule has 2 rings (SSSR count). The Hall–Kier alpha value is -1.36. The summed E-state index contributed by atoms with van der Waals surface area (Å²) in [6, 6.07) is 5.93. The van der Waals surface area contributed by atoms with Gasteiger partial charge < -0.3 is 10.2 Å². The lowest BCUT2D eigenvalue weighted by molar-refractivity contribution is -0.115. The lowest BCUT2D eigenvalue weighted by Gasteiger charge is -2.13. The summed E-state index contributed by atoms with van der Waals surface area (Å²) in [6.07, 6.45) is 1.24. The van der Waals surface area contributed by atoms with Gasteiger partial charge in [0.25, 0.3) is 4.82 Å². The van der Waals surface area contributed by atoms with E-state index >= 15 is 0 Å². The molecule has 17 heavy (non-hydrogen) atoms. The van der Waals surface area contributed by atoms with E-state index in [1.54, 1.807) is 11.9 Å². The highest BCUT2D eigenvalue weighted by Gasteiger charge is 2.17. The van der Waals surface area contributed by atoms with Crippen LogP contribution in [-0.2, 0) is 17.6 Å². The number of carbonyl (C=O) groups is 2. The molecular weight excluding hydrogens is 284 g/mol. The van der Waals surface area contributed by atoms with E-state index in [1.807, 2.05) is 18.2 Å². The first-order valence-electron chi connectivity index (χ1n) is 5.38. The van der Waals surface area contributed by atoms with E-state index in [0.29, 0.717) is 13.0 Å². The predicted octanol–water partition coefficient (Wildman–Crippen LogP) is 2.17. The zero-order valence-electron chi connectivity index (χ0n) is 9.50. The fraction of sp³-hybridized carbons (Fsp3) is 0.333. The largest absolute Gasteiger partial charge is 0.336 e. The van der Waals surface area contributed by atoms with E-state index < -0.39 is 0 Å². The molecule has 2 amide bonds. The Balaban J connectivity index is 2.02. The molecule has 0 spiro atoms. The van der Waals surface area contributed by atoms with Crippen LogP contribution >= 0.6 is 15.9 Å². The molecule has 1 aliphatic heterocycles. The van der Waals surface area contributed by atoms with Gasteiger partial charge in [-0.15, -0.1) is 0 Å². The third-order valence-corrected chi connectivity index (χ3v) is 3.44. The molecule has 1 aliphatic rings. The molecule has 0 radical (unpaired) electrons. The first kappa shape index (κ1) is 12.1. The highest BCUT2D eigenvalue weighted by atomic mass is 79.9. The maximum atomic E-state index is 11.2. The number of anilines is 1. The first-order chi connectivity index (χ1) is 8.06. The number of hydrogen-bond donors (Lipinski definition) is 1. The summed E-state index contributed by atoms with van der Waals surface area (Å²) in [7, 11) is 1.75. The van der Waals surface area contributed by atoms with E-state index in [4.69, 9.17) is 0 Å². The van der Waals surface area contributed by atoms with Gasteiger partial charge >= 0.3 is 0 Å².